The number of nitrogen functional groups attached to an aromatic ring is 1. The van der Waals surface area contributed by atoms with Gasteiger partial charge in [0.05, 0.1) is 0 Å². The molecule has 0 saturated heterocycles. The molecule has 0 atom stereocenters. The fourth-order valence-electron chi connectivity index (χ4n) is 1.68. The van der Waals surface area contributed by atoms with Crippen LogP contribution in [0.4, 0.5) is 5.82 Å². The third kappa shape index (κ3) is 5.14. The molecule has 0 unspecified atom stereocenters. The molecule has 0 aliphatic carbocycles. The second-order valence-corrected chi connectivity index (χ2v) is 5.96. The van der Waals surface area contributed by atoms with Crippen LogP contribution in [0.1, 0.15) is 20.3 Å². The maximum Gasteiger partial charge on any atom is 0.242 e. The summed E-state index contributed by atoms with van der Waals surface area (Å²) < 4.78 is 26.4. The van der Waals surface area contributed by atoms with Crippen LogP contribution in [-0.2, 0) is 10.0 Å². The van der Waals surface area contributed by atoms with Gasteiger partial charge in [-0.05, 0) is 38.2 Å². The fraction of sp³-hybridized carbons (Fsp3) is 0.583. The predicted molar refractivity (Wildman–Crippen MR) is 76.2 cm³/mol. The molecule has 6 nitrogen and oxygen atoms in total. The Morgan fingerprint density at radius 2 is 2.00 bits per heavy atom. The van der Waals surface area contributed by atoms with E-state index in [0.29, 0.717) is 12.4 Å². The van der Waals surface area contributed by atoms with Crippen molar-refractivity contribution in [2.45, 2.75) is 25.2 Å². The quantitative estimate of drug-likeness (QED) is 0.686. The molecule has 0 radical (unpaired) electrons. The van der Waals surface area contributed by atoms with E-state index in [1.54, 1.807) is 0 Å². The summed E-state index contributed by atoms with van der Waals surface area (Å²) in [4.78, 5) is 6.17. The van der Waals surface area contributed by atoms with Gasteiger partial charge in [0, 0.05) is 12.7 Å². The average Bonchev–Trinajstić information content (AvgIpc) is 2.39. The van der Waals surface area contributed by atoms with E-state index in [-0.39, 0.29) is 4.90 Å². The second-order valence-electron chi connectivity index (χ2n) is 4.20. The number of hydrogen-bond acceptors (Lipinski definition) is 5. The minimum Gasteiger partial charge on any atom is -0.384 e. The van der Waals surface area contributed by atoms with Crippen molar-refractivity contribution in [3.63, 3.8) is 0 Å². The number of anilines is 1. The van der Waals surface area contributed by atoms with Gasteiger partial charge in [0.25, 0.3) is 0 Å². The molecule has 0 aromatic carbocycles. The number of hydrogen-bond donors (Lipinski definition) is 2. The summed E-state index contributed by atoms with van der Waals surface area (Å²) in [7, 11) is -3.48. The van der Waals surface area contributed by atoms with Gasteiger partial charge in [-0.3, -0.25) is 0 Å². The van der Waals surface area contributed by atoms with Gasteiger partial charge in [-0.25, -0.2) is 18.1 Å². The Bertz CT molecular complexity index is 469. The third-order valence-electron chi connectivity index (χ3n) is 2.91. The van der Waals surface area contributed by atoms with Crippen molar-refractivity contribution in [2.75, 3.05) is 31.9 Å². The molecule has 3 N–H and O–H groups in total. The zero-order valence-electron chi connectivity index (χ0n) is 11.5. The highest BCUT2D eigenvalue weighted by molar-refractivity contribution is 7.89. The molecule has 1 rings (SSSR count). The van der Waals surface area contributed by atoms with Crippen LogP contribution < -0.4 is 10.5 Å². The van der Waals surface area contributed by atoms with Gasteiger partial charge in [0.2, 0.25) is 10.0 Å². The van der Waals surface area contributed by atoms with Gasteiger partial charge < -0.3 is 10.6 Å². The molecule has 0 amide bonds. The number of pyridine rings is 1. The number of rotatable bonds is 8. The summed E-state index contributed by atoms with van der Waals surface area (Å²) >= 11 is 0. The molecule has 19 heavy (non-hydrogen) atoms. The van der Waals surface area contributed by atoms with Crippen LogP contribution in [0.15, 0.2) is 23.2 Å². The largest absolute Gasteiger partial charge is 0.384 e. The fourth-order valence-corrected chi connectivity index (χ4v) is 2.70. The summed E-state index contributed by atoms with van der Waals surface area (Å²) in [6, 6.07) is 2.93. The summed E-state index contributed by atoms with van der Waals surface area (Å²) in [5, 5.41) is 0. The highest BCUT2D eigenvalue weighted by Crippen LogP contribution is 2.08. The van der Waals surface area contributed by atoms with Gasteiger partial charge >= 0.3 is 0 Å². The van der Waals surface area contributed by atoms with Crippen molar-refractivity contribution in [3.05, 3.63) is 18.3 Å². The molecule has 0 aliphatic rings. The second kappa shape index (κ2) is 7.42. The van der Waals surface area contributed by atoms with Crippen molar-refractivity contribution >= 4 is 15.8 Å². The Hall–Kier alpha value is -1.18. The van der Waals surface area contributed by atoms with Crippen LogP contribution in [-0.4, -0.2) is 44.5 Å². The molecule has 0 fully saturated rings. The molecule has 0 spiro atoms. The number of aromatic nitrogens is 1. The lowest BCUT2D eigenvalue weighted by molar-refractivity contribution is 0.300. The lowest BCUT2D eigenvalue weighted by Crippen LogP contribution is -2.30. The van der Waals surface area contributed by atoms with E-state index in [4.69, 9.17) is 5.73 Å². The zero-order valence-corrected chi connectivity index (χ0v) is 12.3. The average molecular weight is 286 g/mol. The topological polar surface area (TPSA) is 88.3 Å². The SMILES string of the molecule is CCN(CC)CCCNS(=O)(=O)c1ccc(N)nc1. The minimum absolute atomic E-state index is 0.143. The van der Waals surface area contributed by atoms with Crippen LogP contribution >= 0.6 is 0 Å². The van der Waals surface area contributed by atoms with Crippen molar-refractivity contribution in [3.8, 4) is 0 Å². The number of nitrogens with two attached hydrogens (primary N) is 1. The van der Waals surface area contributed by atoms with Crippen molar-refractivity contribution < 1.29 is 8.42 Å². The third-order valence-corrected chi connectivity index (χ3v) is 4.35. The maximum absolute atomic E-state index is 11.9. The lowest BCUT2D eigenvalue weighted by atomic mass is 10.4. The van der Waals surface area contributed by atoms with E-state index in [0.717, 1.165) is 26.1 Å². The van der Waals surface area contributed by atoms with E-state index in [9.17, 15) is 8.42 Å². The first-order valence-electron chi connectivity index (χ1n) is 6.43. The standard InChI is InChI=1S/C12H22N4O2S/c1-3-16(4-2)9-5-8-15-19(17,18)11-6-7-12(13)14-10-11/h6-7,10,15H,3-5,8-9H2,1-2H3,(H2,13,14). The first kappa shape index (κ1) is 15.9. The molecule has 0 saturated carbocycles. The van der Waals surface area contributed by atoms with E-state index in [2.05, 4.69) is 28.5 Å². The van der Waals surface area contributed by atoms with Crippen molar-refractivity contribution in [1.82, 2.24) is 14.6 Å². The highest BCUT2D eigenvalue weighted by atomic mass is 32.2. The van der Waals surface area contributed by atoms with Gasteiger partial charge in [0.1, 0.15) is 10.7 Å². The van der Waals surface area contributed by atoms with E-state index < -0.39 is 10.0 Å². The molecular formula is C12H22N4O2S. The maximum atomic E-state index is 11.9. The molecule has 7 heteroatoms. The normalized spacial score (nSPS) is 11.9. The van der Waals surface area contributed by atoms with Gasteiger partial charge in [-0.15, -0.1) is 0 Å². The first-order valence-corrected chi connectivity index (χ1v) is 7.91. The van der Waals surface area contributed by atoms with E-state index in [1.807, 2.05) is 0 Å². The molecular weight excluding hydrogens is 264 g/mol. The van der Waals surface area contributed by atoms with Gasteiger partial charge in [-0.2, -0.15) is 0 Å². The van der Waals surface area contributed by atoms with Crippen LogP contribution in [0.2, 0.25) is 0 Å². The minimum atomic E-state index is -3.48. The predicted octanol–water partition coefficient (Wildman–Crippen LogP) is 0.674. The van der Waals surface area contributed by atoms with Crippen LogP contribution in [0, 0.1) is 0 Å². The van der Waals surface area contributed by atoms with Crippen molar-refractivity contribution in [1.29, 1.82) is 0 Å². The molecule has 1 heterocycles. The summed E-state index contributed by atoms with van der Waals surface area (Å²) in [6.45, 7) is 7.44. The molecule has 108 valence electrons. The molecule has 1 aromatic heterocycles. The van der Waals surface area contributed by atoms with Crippen molar-refractivity contribution in [2.24, 2.45) is 0 Å². The zero-order chi connectivity index (χ0) is 14.3. The van der Waals surface area contributed by atoms with E-state index in [1.165, 1.54) is 18.3 Å². The van der Waals surface area contributed by atoms with Crippen LogP contribution in [0.5, 0.6) is 0 Å². The van der Waals surface area contributed by atoms with Crippen LogP contribution in [0.3, 0.4) is 0 Å². The summed E-state index contributed by atoms with van der Waals surface area (Å²) in [6.07, 6.45) is 2.05. The Morgan fingerprint density at radius 3 is 2.53 bits per heavy atom. The Labute approximate surface area is 115 Å². The lowest BCUT2D eigenvalue weighted by Gasteiger charge is -2.17. The van der Waals surface area contributed by atoms with E-state index >= 15 is 0 Å². The number of sulfonamides is 1. The smallest absolute Gasteiger partial charge is 0.242 e. The van der Waals surface area contributed by atoms with Gasteiger partial charge in [-0.1, -0.05) is 13.8 Å². The molecule has 0 aliphatic heterocycles. The number of nitrogens with one attached hydrogen (secondary N) is 1. The summed E-state index contributed by atoms with van der Waals surface area (Å²) in [5.41, 5.74) is 5.42. The number of nitrogens with zero attached hydrogens (tertiary/aromatic N) is 2. The first-order chi connectivity index (χ1) is 8.99. The van der Waals surface area contributed by atoms with Crippen LogP contribution in [0.25, 0.3) is 0 Å². The highest BCUT2D eigenvalue weighted by Gasteiger charge is 2.13. The van der Waals surface area contributed by atoms with Gasteiger partial charge in [0.15, 0.2) is 0 Å². The Balaban J connectivity index is 2.45. The monoisotopic (exact) mass is 286 g/mol. The summed E-state index contributed by atoms with van der Waals surface area (Å²) in [5.74, 6) is 0.306. The molecule has 0 bridgehead atoms. The molecule has 1 aromatic rings. The Morgan fingerprint density at radius 1 is 1.32 bits per heavy atom. The Kier molecular flexibility index (Phi) is 6.20.